The number of esters is 1. The molecule has 2 unspecified atom stereocenters. The van der Waals surface area contributed by atoms with Gasteiger partial charge in [0.05, 0.1) is 25.4 Å². The first-order chi connectivity index (χ1) is 33.5. The number of hydrogen-bond acceptors (Lipinski definition) is 5. The van der Waals surface area contributed by atoms with Crippen molar-refractivity contribution in [2.75, 3.05) is 13.2 Å². The first-order valence-electron chi connectivity index (χ1n) is 31.0. The molecule has 0 aromatic carbocycles. The maximum absolute atomic E-state index is 12.5. The van der Waals surface area contributed by atoms with Crippen LogP contribution in [0.3, 0.4) is 0 Å². The van der Waals surface area contributed by atoms with Crippen LogP contribution in [0.15, 0.2) is 12.2 Å². The predicted molar refractivity (Wildman–Crippen MR) is 297 cm³/mol. The zero-order valence-corrected chi connectivity index (χ0v) is 46.1. The molecule has 1 amide bonds. The summed E-state index contributed by atoms with van der Waals surface area (Å²) in [4.78, 5) is 24.5. The zero-order chi connectivity index (χ0) is 49.3. The Balaban J connectivity index is 3.40. The summed E-state index contributed by atoms with van der Waals surface area (Å²) >= 11 is 0. The number of amides is 1. The summed E-state index contributed by atoms with van der Waals surface area (Å²) in [6.45, 7) is 4.93. The molecule has 0 spiro atoms. The molecule has 0 fully saturated rings. The van der Waals surface area contributed by atoms with Crippen molar-refractivity contribution < 1.29 is 24.5 Å². The molecule has 0 aliphatic rings. The van der Waals surface area contributed by atoms with Crippen molar-refractivity contribution >= 4 is 11.9 Å². The highest BCUT2D eigenvalue weighted by Crippen LogP contribution is 2.18. The Morgan fingerprint density at radius 2 is 0.676 bits per heavy atom. The van der Waals surface area contributed by atoms with Crippen LogP contribution in [0.2, 0.25) is 0 Å². The number of aliphatic hydroxyl groups is 2. The SMILES string of the molecule is CCCCCCCCCCCCCCCC/C=C/C(O)C(CO)NC(=O)CCCCCCCCCCCCCCCCCCCCCOC(=O)CCCCCCCCCCCCCCCCCC. The Kier molecular flexibility index (Phi) is 57.0. The molecule has 0 saturated heterocycles. The number of carbonyl (C=O) groups excluding carboxylic acids is 2. The van der Waals surface area contributed by atoms with Gasteiger partial charge in [0, 0.05) is 12.8 Å². The largest absolute Gasteiger partial charge is 0.466 e. The number of nitrogens with one attached hydrogen (secondary N) is 1. The van der Waals surface area contributed by atoms with Crippen molar-refractivity contribution in [2.45, 2.75) is 360 Å². The lowest BCUT2D eigenvalue weighted by atomic mass is 10.0. The van der Waals surface area contributed by atoms with Gasteiger partial charge in [0.15, 0.2) is 0 Å². The van der Waals surface area contributed by atoms with Crippen molar-refractivity contribution in [3.05, 3.63) is 12.2 Å². The van der Waals surface area contributed by atoms with E-state index in [0.29, 0.717) is 19.4 Å². The minimum atomic E-state index is -0.845. The molecule has 0 radical (unpaired) electrons. The number of unbranched alkanes of at least 4 members (excludes halogenated alkanes) is 47. The monoisotopic (exact) mass is 960 g/mol. The summed E-state index contributed by atoms with van der Waals surface area (Å²) in [5, 5.41) is 23.1. The van der Waals surface area contributed by atoms with Gasteiger partial charge in [-0.25, -0.2) is 0 Å². The third-order valence-corrected chi connectivity index (χ3v) is 14.6. The Bertz CT molecular complexity index is 1020. The Labute approximate surface area is 425 Å². The van der Waals surface area contributed by atoms with Gasteiger partial charge >= 0.3 is 5.97 Å². The van der Waals surface area contributed by atoms with Crippen molar-refractivity contribution in [3.63, 3.8) is 0 Å². The zero-order valence-electron chi connectivity index (χ0n) is 46.1. The lowest BCUT2D eigenvalue weighted by Gasteiger charge is -2.20. The quantitative estimate of drug-likeness (QED) is 0.0321. The van der Waals surface area contributed by atoms with E-state index < -0.39 is 12.1 Å². The van der Waals surface area contributed by atoms with Gasteiger partial charge in [-0.1, -0.05) is 315 Å². The van der Waals surface area contributed by atoms with Gasteiger partial charge < -0.3 is 20.3 Å². The number of hydrogen-bond donors (Lipinski definition) is 3. The van der Waals surface area contributed by atoms with E-state index in [4.69, 9.17) is 4.74 Å². The molecule has 6 nitrogen and oxygen atoms in total. The van der Waals surface area contributed by atoms with Crippen LogP contribution in [-0.2, 0) is 14.3 Å². The molecule has 2 atom stereocenters. The molecule has 0 bridgehead atoms. The Morgan fingerprint density at radius 1 is 0.397 bits per heavy atom. The van der Waals surface area contributed by atoms with Crippen LogP contribution in [-0.4, -0.2) is 47.4 Å². The van der Waals surface area contributed by atoms with E-state index in [2.05, 4.69) is 19.2 Å². The van der Waals surface area contributed by atoms with Crippen LogP contribution in [0.25, 0.3) is 0 Å². The fraction of sp³-hybridized carbons (Fsp3) is 0.935. The molecule has 0 rings (SSSR count). The van der Waals surface area contributed by atoms with E-state index in [0.717, 1.165) is 38.5 Å². The number of allylic oxidation sites excluding steroid dienone is 1. The molecule has 6 heteroatoms. The minimum Gasteiger partial charge on any atom is -0.466 e. The van der Waals surface area contributed by atoms with Crippen molar-refractivity contribution in [3.8, 4) is 0 Å². The lowest BCUT2D eigenvalue weighted by molar-refractivity contribution is -0.143. The van der Waals surface area contributed by atoms with E-state index in [9.17, 15) is 19.8 Å². The predicted octanol–water partition coefficient (Wildman–Crippen LogP) is 19.2. The summed E-state index contributed by atoms with van der Waals surface area (Å²) in [6.07, 6.45) is 69.6. The van der Waals surface area contributed by atoms with Crippen LogP contribution in [0.5, 0.6) is 0 Å². The maximum Gasteiger partial charge on any atom is 0.305 e. The van der Waals surface area contributed by atoms with Gasteiger partial charge in [0.1, 0.15) is 0 Å². The molecule has 0 saturated carbocycles. The average Bonchev–Trinajstić information content (AvgIpc) is 3.34. The first-order valence-corrected chi connectivity index (χ1v) is 31.0. The number of rotatable bonds is 58. The highest BCUT2D eigenvalue weighted by atomic mass is 16.5. The summed E-state index contributed by atoms with van der Waals surface area (Å²) in [7, 11) is 0. The number of aliphatic hydroxyl groups excluding tert-OH is 2. The summed E-state index contributed by atoms with van der Waals surface area (Å²) < 4.78 is 5.49. The van der Waals surface area contributed by atoms with E-state index in [1.165, 1.54) is 283 Å². The smallest absolute Gasteiger partial charge is 0.305 e. The standard InChI is InChI=1S/C62H121NO5/c1-3-5-7-9-11-13-15-17-19-26-30-34-38-42-46-50-54-60(65)59(58-64)63-61(66)55-51-47-43-39-35-31-27-24-22-21-23-25-29-33-37-41-45-49-53-57-68-62(67)56-52-48-44-40-36-32-28-20-18-16-14-12-10-8-6-4-2/h50,54,59-60,64-65H,3-49,51-53,55-58H2,1-2H3,(H,63,66)/b54-50+. The Morgan fingerprint density at radius 3 is 1.00 bits per heavy atom. The molecular formula is C62H121NO5. The van der Waals surface area contributed by atoms with Crippen molar-refractivity contribution in [1.82, 2.24) is 5.32 Å². The van der Waals surface area contributed by atoms with Gasteiger partial charge in [-0.05, 0) is 32.1 Å². The van der Waals surface area contributed by atoms with Crippen LogP contribution >= 0.6 is 0 Å². The summed E-state index contributed by atoms with van der Waals surface area (Å²) in [5.41, 5.74) is 0. The second kappa shape index (κ2) is 58.2. The van der Waals surface area contributed by atoms with Gasteiger partial charge in [0.25, 0.3) is 0 Å². The number of carbonyl (C=O) groups is 2. The highest BCUT2D eigenvalue weighted by molar-refractivity contribution is 5.76. The minimum absolute atomic E-state index is 0.0125. The second-order valence-corrected chi connectivity index (χ2v) is 21.4. The Hall–Kier alpha value is -1.40. The van der Waals surface area contributed by atoms with E-state index in [1.54, 1.807) is 6.08 Å². The highest BCUT2D eigenvalue weighted by Gasteiger charge is 2.18. The molecule has 0 aromatic rings. The third-order valence-electron chi connectivity index (χ3n) is 14.6. The second-order valence-electron chi connectivity index (χ2n) is 21.4. The summed E-state index contributed by atoms with van der Waals surface area (Å²) in [5.74, 6) is -0.0557. The normalized spacial score (nSPS) is 12.6. The van der Waals surface area contributed by atoms with Crippen LogP contribution < -0.4 is 5.32 Å². The number of ether oxygens (including phenoxy) is 1. The topological polar surface area (TPSA) is 95.9 Å². The molecule has 3 N–H and O–H groups in total. The van der Waals surface area contributed by atoms with Crippen molar-refractivity contribution in [1.29, 1.82) is 0 Å². The molecule has 404 valence electrons. The first kappa shape index (κ1) is 66.6. The van der Waals surface area contributed by atoms with E-state index >= 15 is 0 Å². The molecule has 0 aromatic heterocycles. The van der Waals surface area contributed by atoms with Crippen molar-refractivity contribution in [2.24, 2.45) is 0 Å². The fourth-order valence-corrected chi connectivity index (χ4v) is 9.81. The fourth-order valence-electron chi connectivity index (χ4n) is 9.81. The van der Waals surface area contributed by atoms with Gasteiger partial charge in [-0.3, -0.25) is 9.59 Å². The van der Waals surface area contributed by atoms with Gasteiger partial charge in [-0.15, -0.1) is 0 Å². The van der Waals surface area contributed by atoms with Crippen LogP contribution in [0.1, 0.15) is 348 Å². The van der Waals surface area contributed by atoms with E-state index in [1.807, 2.05) is 6.08 Å². The third kappa shape index (κ3) is 53.9. The molecule has 0 aliphatic heterocycles. The summed E-state index contributed by atoms with van der Waals surface area (Å²) in [6, 6.07) is -0.629. The molecule has 68 heavy (non-hydrogen) atoms. The van der Waals surface area contributed by atoms with Crippen LogP contribution in [0, 0.1) is 0 Å². The maximum atomic E-state index is 12.5. The molecule has 0 aliphatic carbocycles. The van der Waals surface area contributed by atoms with Gasteiger partial charge in [-0.2, -0.15) is 0 Å². The lowest BCUT2D eigenvalue weighted by Crippen LogP contribution is -2.45. The van der Waals surface area contributed by atoms with Gasteiger partial charge in [0.2, 0.25) is 5.91 Å². The average molecular weight is 961 g/mol. The van der Waals surface area contributed by atoms with E-state index in [-0.39, 0.29) is 18.5 Å². The molecule has 0 heterocycles. The molecular weight excluding hydrogens is 839 g/mol. The van der Waals surface area contributed by atoms with Crippen LogP contribution in [0.4, 0.5) is 0 Å².